The SMILES string of the molecule is CCOC(=O)C(C)Oc1ccc2c(C)c(Cc3ccccc3)c(=O)oc2c1C. The summed E-state index contributed by atoms with van der Waals surface area (Å²) in [4.78, 5) is 24.5. The maximum atomic E-state index is 12.7. The number of carbonyl (C=O) groups excluding carboxylic acids is 1. The zero-order valence-corrected chi connectivity index (χ0v) is 16.6. The number of aryl methyl sites for hydroxylation is 2. The van der Waals surface area contributed by atoms with Crippen LogP contribution in [0.1, 0.15) is 36.1 Å². The quantitative estimate of drug-likeness (QED) is 0.470. The summed E-state index contributed by atoms with van der Waals surface area (Å²) in [5.41, 5.74) is 3.40. The molecule has 0 radical (unpaired) electrons. The summed E-state index contributed by atoms with van der Waals surface area (Å²) in [5, 5.41) is 0.860. The third kappa shape index (κ3) is 3.93. The molecule has 0 amide bonds. The van der Waals surface area contributed by atoms with Gasteiger partial charge in [-0.1, -0.05) is 30.3 Å². The first kappa shape index (κ1) is 19.7. The third-order valence-electron chi connectivity index (χ3n) is 4.80. The van der Waals surface area contributed by atoms with Gasteiger partial charge >= 0.3 is 11.6 Å². The minimum absolute atomic E-state index is 0.293. The van der Waals surface area contributed by atoms with Crippen LogP contribution in [0.15, 0.2) is 51.7 Å². The van der Waals surface area contributed by atoms with Crippen molar-refractivity contribution in [3.05, 3.63) is 75.1 Å². The van der Waals surface area contributed by atoms with Crippen molar-refractivity contribution in [1.29, 1.82) is 0 Å². The second kappa shape index (κ2) is 8.30. The number of hydrogen-bond donors (Lipinski definition) is 0. The fraction of sp³-hybridized carbons (Fsp3) is 0.304. The predicted octanol–water partition coefficient (Wildman–Crippen LogP) is 4.33. The van der Waals surface area contributed by atoms with Gasteiger partial charge in [0.2, 0.25) is 0 Å². The fourth-order valence-corrected chi connectivity index (χ4v) is 3.20. The van der Waals surface area contributed by atoms with E-state index in [1.54, 1.807) is 19.9 Å². The van der Waals surface area contributed by atoms with Crippen LogP contribution in [0.3, 0.4) is 0 Å². The van der Waals surface area contributed by atoms with Crippen LogP contribution in [-0.4, -0.2) is 18.7 Å². The largest absolute Gasteiger partial charge is 0.479 e. The first-order chi connectivity index (χ1) is 13.4. The van der Waals surface area contributed by atoms with Gasteiger partial charge in [-0.05, 0) is 51.0 Å². The Hall–Kier alpha value is -3.08. The second-order valence-corrected chi connectivity index (χ2v) is 6.73. The van der Waals surface area contributed by atoms with Crippen LogP contribution in [-0.2, 0) is 16.0 Å². The van der Waals surface area contributed by atoms with Gasteiger partial charge in [0.05, 0.1) is 6.61 Å². The zero-order chi connectivity index (χ0) is 20.3. The van der Waals surface area contributed by atoms with Crippen molar-refractivity contribution < 1.29 is 18.7 Å². The molecular formula is C23H24O5. The first-order valence-corrected chi connectivity index (χ1v) is 9.35. The molecular weight excluding hydrogens is 356 g/mol. The van der Waals surface area contributed by atoms with Crippen LogP contribution in [0.25, 0.3) is 11.0 Å². The van der Waals surface area contributed by atoms with Gasteiger partial charge in [0.15, 0.2) is 6.10 Å². The molecule has 2 aromatic carbocycles. The second-order valence-electron chi connectivity index (χ2n) is 6.73. The molecule has 0 aliphatic carbocycles. The molecule has 0 saturated carbocycles. The summed E-state index contributed by atoms with van der Waals surface area (Å²) in [6.07, 6.45) is -0.233. The van der Waals surface area contributed by atoms with E-state index in [0.717, 1.165) is 16.5 Å². The Morgan fingerprint density at radius 1 is 1.07 bits per heavy atom. The van der Waals surface area contributed by atoms with Crippen molar-refractivity contribution in [2.45, 2.75) is 40.2 Å². The van der Waals surface area contributed by atoms with Crippen LogP contribution in [0, 0.1) is 13.8 Å². The summed E-state index contributed by atoms with van der Waals surface area (Å²) in [6, 6.07) is 13.5. The van der Waals surface area contributed by atoms with E-state index in [4.69, 9.17) is 13.9 Å². The summed E-state index contributed by atoms with van der Waals surface area (Å²) < 4.78 is 16.4. The molecule has 0 saturated heterocycles. The van der Waals surface area contributed by atoms with Gasteiger partial charge in [-0.3, -0.25) is 0 Å². The van der Waals surface area contributed by atoms with Gasteiger partial charge in [0, 0.05) is 22.9 Å². The van der Waals surface area contributed by atoms with Gasteiger partial charge in [-0.25, -0.2) is 9.59 Å². The highest BCUT2D eigenvalue weighted by atomic mass is 16.6. The van der Waals surface area contributed by atoms with Crippen LogP contribution in [0.2, 0.25) is 0 Å². The number of fused-ring (bicyclic) bond motifs is 1. The number of carbonyl (C=O) groups is 1. The van der Waals surface area contributed by atoms with Crippen LogP contribution >= 0.6 is 0 Å². The Bertz CT molecular complexity index is 1050. The Labute approximate surface area is 163 Å². The van der Waals surface area contributed by atoms with Crippen molar-refractivity contribution in [1.82, 2.24) is 0 Å². The number of hydrogen-bond acceptors (Lipinski definition) is 5. The van der Waals surface area contributed by atoms with Crippen molar-refractivity contribution >= 4 is 16.9 Å². The van der Waals surface area contributed by atoms with Crippen molar-refractivity contribution in [2.24, 2.45) is 0 Å². The molecule has 0 N–H and O–H groups in total. The average Bonchev–Trinajstić information content (AvgIpc) is 2.68. The summed E-state index contributed by atoms with van der Waals surface area (Å²) in [7, 11) is 0. The van der Waals surface area contributed by atoms with E-state index in [-0.39, 0.29) is 5.63 Å². The third-order valence-corrected chi connectivity index (χ3v) is 4.80. The van der Waals surface area contributed by atoms with Crippen LogP contribution < -0.4 is 10.4 Å². The van der Waals surface area contributed by atoms with Crippen molar-refractivity contribution in [3.63, 3.8) is 0 Å². The Kier molecular flexibility index (Phi) is 5.83. The molecule has 1 heterocycles. The minimum Gasteiger partial charge on any atom is -0.479 e. The molecule has 0 aliphatic rings. The molecule has 3 rings (SSSR count). The number of benzene rings is 2. The Balaban J connectivity index is 1.99. The van der Waals surface area contributed by atoms with Crippen LogP contribution in [0.5, 0.6) is 5.75 Å². The molecule has 1 atom stereocenters. The zero-order valence-electron chi connectivity index (χ0n) is 16.6. The topological polar surface area (TPSA) is 65.7 Å². The standard InChI is InChI=1S/C23H24O5/c1-5-26-22(24)16(4)27-20-12-11-18-14(2)19(13-17-9-7-6-8-10-17)23(25)28-21(18)15(20)3/h6-12,16H,5,13H2,1-4H3. The highest BCUT2D eigenvalue weighted by Gasteiger charge is 2.20. The molecule has 0 spiro atoms. The van der Waals surface area contributed by atoms with Crippen molar-refractivity contribution in [3.8, 4) is 5.75 Å². The van der Waals surface area contributed by atoms with Crippen LogP contribution in [0.4, 0.5) is 0 Å². The molecule has 0 aliphatic heterocycles. The minimum atomic E-state index is -0.749. The normalized spacial score (nSPS) is 12.0. The molecule has 5 nitrogen and oxygen atoms in total. The lowest BCUT2D eigenvalue weighted by atomic mass is 9.98. The van der Waals surface area contributed by atoms with E-state index in [1.807, 2.05) is 50.2 Å². The van der Waals surface area contributed by atoms with E-state index < -0.39 is 12.1 Å². The lowest BCUT2D eigenvalue weighted by Crippen LogP contribution is -2.26. The maximum absolute atomic E-state index is 12.7. The van der Waals surface area contributed by atoms with Crippen molar-refractivity contribution in [2.75, 3.05) is 6.61 Å². The molecule has 28 heavy (non-hydrogen) atoms. The molecule has 1 aromatic heterocycles. The highest BCUT2D eigenvalue weighted by molar-refractivity contribution is 5.86. The van der Waals surface area contributed by atoms with E-state index in [2.05, 4.69) is 0 Å². The Morgan fingerprint density at radius 2 is 1.79 bits per heavy atom. The van der Waals surface area contributed by atoms with E-state index in [0.29, 0.717) is 35.5 Å². The smallest absolute Gasteiger partial charge is 0.347 e. The number of ether oxygens (including phenoxy) is 2. The average molecular weight is 380 g/mol. The van der Waals surface area contributed by atoms with Gasteiger partial charge < -0.3 is 13.9 Å². The first-order valence-electron chi connectivity index (χ1n) is 9.35. The van der Waals surface area contributed by atoms with E-state index in [9.17, 15) is 9.59 Å². The molecule has 3 aromatic rings. The summed E-state index contributed by atoms with van der Waals surface area (Å²) >= 11 is 0. The highest BCUT2D eigenvalue weighted by Crippen LogP contribution is 2.30. The summed E-state index contributed by atoms with van der Waals surface area (Å²) in [6.45, 7) is 7.41. The van der Waals surface area contributed by atoms with E-state index in [1.165, 1.54) is 0 Å². The van der Waals surface area contributed by atoms with Gasteiger partial charge in [-0.15, -0.1) is 0 Å². The molecule has 0 bridgehead atoms. The molecule has 0 fully saturated rings. The molecule has 1 unspecified atom stereocenters. The maximum Gasteiger partial charge on any atom is 0.347 e. The van der Waals surface area contributed by atoms with Gasteiger partial charge in [-0.2, -0.15) is 0 Å². The summed E-state index contributed by atoms with van der Waals surface area (Å²) in [5.74, 6) is 0.0595. The fourth-order valence-electron chi connectivity index (χ4n) is 3.20. The number of esters is 1. The molecule has 146 valence electrons. The Morgan fingerprint density at radius 3 is 2.46 bits per heavy atom. The lowest BCUT2D eigenvalue weighted by molar-refractivity contribution is -0.150. The molecule has 5 heteroatoms. The van der Waals surface area contributed by atoms with Gasteiger partial charge in [0.25, 0.3) is 0 Å². The van der Waals surface area contributed by atoms with Gasteiger partial charge in [0.1, 0.15) is 11.3 Å². The lowest BCUT2D eigenvalue weighted by Gasteiger charge is -2.16. The number of rotatable bonds is 6. The monoisotopic (exact) mass is 380 g/mol. The van der Waals surface area contributed by atoms with E-state index >= 15 is 0 Å². The predicted molar refractivity (Wildman–Crippen MR) is 108 cm³/mol.